The first-order valence-corrected chi connectivity index (χ1v) is 6.74. The van der Waals surface area contributed by atoms with Crippen LogP contribution in [0.5, 0.6) is 5.75 Å². The topological polar surface area (TPSA) is 77.2 Å². The van der Waals surface area contributed by atoms with Crippen molar-refractivity contribution < 1.29 is 9.53 Å². The molecule has 0 radical (unpaired) electrons. The molecule has 1 aromatic heterocycles. The van der Waals surface area contributed by atoms with Crippen LogP contribution in [0, 0.1) is 0 Å². The fraction of sp³-hybridized carbons (Fsp3) is 0.250. The predicted molar refractivity (Wildman–Crippen MR) is 81.0 cm³/mol. The van der Waals surface area contributed by atoms with E-state index in [0.717, 1.165) is 11.3 Å². The molecule has 0 aliphatic heterocycles. The highest BCUT2D eigenvalue weighted by Crippen LogP contribution is 2.19. The zero-order chi connectivity index (χ0) is 15.2. The third-order valence-corrected chi connectivity index (χ3v) is 3.23. The molecule has 21 heavy (non-hydrogen) atoms. The molecule has 0 aliphatic rings. The molecule has 5 nitrogen and oxygen atoms in total. The van der Waals surface area contributed by atoms with E-state index >= 15 is 0 Å². The molecular formula is C16H19N3O2. The SMILES string of the molecule is COc1cccc([C@@H](C)NC(=O)c2ccnc(CN)c2)c1. The maximum atomic E-state index is 12.2. The van der Waals surface area contributed by atoms with Crippen molar-refractivity contribution in [1.82, 2.24) is 10.3 Å². The Morgan fingerprint density at radius 3 is 2.90 bits per heavy atom. The van der Waals surface area contributed by atoms with Gasteiger partial charge in [-0.2, -0.15) is 0 Å². The van der Waals surface area contributed by atoms with Gasteiger partial charge in [-0.3, -0.25) is 9.78 Å². The van der Waals surface area contributed by atoms with Crippen molar-refractivity contribution in [3.05, 3.63) is 59.4 Å². The molecule has 1 aromatic carbocycles. The minimum absolute atomic E-state index is 0.123. The van der Waals surface area contributed by atoms with Crippen LogP contribution < -0.4 is 15.8 Å². The summed E-state index contributed by atoms with van der Waals surface area (Å²) in [5.74, 6) is 0.616. The van der Waals surface area contributed by atoms with E-state index < -0.39 is 0 Å². The molecule has 0 aliphatic carbocycles. The number of hydrogen-bond acceptors (Lipinski definition) is 4. The van der Waals surface area contributed by atoms with E-state index in [9.17, 15) is 4.79 Å². The molecule has 0 fully saturated rings. The summed E-state index contributed by atoms with van der Waals surface area (Å²) in [4.78, 5) is 16.3. The van der Waals surface area contributed by atoms with Gasteiger partial charge in [0.05, 0.1) is 18.8 Å². The molecule has 1 atom stereocenters. The summed E-state index contributed by atoms with van der Waals surface area (Å²) in [5, 5.41) is 2.95. The largest absolute Gasteiger partial charge is 0.497 e. The average molecular weight is 285 g/mol. The first kappa shape index (κ1) is 15.0. The van der Waals surface area contributed by atoms with Crippen molar-refractivity contribution in [2.45, 2.75) is 19.5 Å². The Morgan fingerprint density at radius 1 is 1.38 bits per heavy atom. The highest BCUT2D eigenvalue weighted by atomic mass is 16.5. The molecule has 3 N–H and O–H groups in total. The van der Waals surface area contributed by atoms with Gasteiger partial charge in [0.2, 0.25) is 0 Å². The van der Waals surface area contributed by atoms with Crippen LogP contribution in [0.2, 0.25) is 0 Å². The van der Waals surface area contributed by atoms with Crippen molar-refractivity contribution in [1.29, 1.82) is 0 Å². The Labute approximate surface area is 124 Å². The smallest absolute Gasteiger partial charge is 0.251 e. The van der Waals surface area contributed by atoms with E-state index in [0.29, 0.717) is 17.8 Å². The predicted octanol–water partition coefficient (Wildman–Crippen LogP) is 2.04. The minimum Gasteiger partial charge on any atom is -0.497 e. The van der Waals surface area contributed by atoms with Crippen molar-refractivity contribution in [2.75, 3.05) is 7.11 Å². The number of methoxy groups -OCH3 is 1. The van der Waals surface area contributed by atoms with Crippen LogP contribution >= 0.6 is 0 Å². The number of nitrogens with two attached hydrogens (primary N) is 1. The van der Waals surface area contributed by atoms with E-state index in [-0.39, 0.29) is 11.9 Å². The number of rotatable bonds is 5. The zero-order valence-electron chi connectivity index (χ0n) is 12.2. The van der Waals surface area contributed by atoms with E-state index in [1.165, 1.54) is 0 Å². The number of ether oxygens (including phenoxy) is 1. The van der Waals surface area contributed by atoms with Crippen LogP contribution in [0.25, 0.3) is 0 Å². The van der Waals surface area contributed by atoms with Crippen LogP contribution in [0.4, 0.5) is 0 Å². The Morgan fingerprint density at radius 2 is 2.19 bits per heavy atom. The van der Waals surface area contributed by atoms with Crippen LogP contribution in [0.15, 0.2) is 42.6 Å². The molecule has 2 rings (SSSR count). The van der Waals surface area contributed by atoms with Gasteiger partial charge in [-0.25, -0.2) is 0 Å². The Bertz CT molecular complexity index is 628. The number of aromatic nitrogens is 1. The number of benzene rings is 1. The van der Waals surface area contributed by atoms with E-state index in [2.05, 4.69) is 10.3 Å². The van der Waals surface area contributed by atoms with Gasteiger partial charge in [0.1, 0.15) is 5.75 Å². The molecule has 0 spiro atoms. The second-order valence-electron chi connectivity index (χ2n) is 4.71. The van der Waals surface area contributed by atoms with E-state index in [4.69, 9.17) is 10.5 Å². The van der Waals surface area contributed by atoms with Gasteiger partial charge in [0.15, 0.2) is 0 Å². The monoisotopic (exact) mass is 285 g/mol. The van der Waals surface area contributed by atoms with Crippen LogP contribution in [-0.2, 0) is 6.54 Å². The molecule has 110 valence electrons. The fourth-order valence-electron chi connectivity index (χ4n) is 2.01. The summed E-state index contributed by atoms with van der Waals surface area (Å²) in [6.07, 6.45) is 1.59. The molecule has 1 heterocycles. The number of carbonyl (C=O) groups is 1. The molecule has 0 unspecified atom stereocenters. The summed E-state index contributed by atoms with van der Waals surface area (Å²) in [5.41, 5.74) is 7.76. The summed E-state index contributed by atoms with van der Waals surface area (Å²) in [6, 6.07) is 10.9. The first-order chi connectivity index (χ1) is 10.1. The summed E-state index contributed by atoms with van der Waals surface area (Å²) >= 11 is 0. The third kappa shape index (κ3) is 3.79. The number of nitrogens with one attached hydrogen (secondary N) is 1. The normalized spacial score (nSPS) is 11.8. The summed E-state index contributed by atoms with van der Waals surface area (Å²) in [6.45, 7) is 2.24. The lowest BCUT2D eigenvalue weighted by atomic mass is 10.1. The molecular weight excluding hydrogens is 266 g/mol. The lowest BCUT2D eigenvalue weighted by Crippen LogP contribution is -2.26. The second kappa shape index (κ2) is 6.85. The number of pyridine rings is 1. The highest BCUT2D eigenvalue weighted by molar-refractivity contribution is 5.94. The van der Waals surface area contributed by atoms with Gasteiger partial charge < -0.3 is 15.8 Å². The molecule has 0 saturated carbocycles. The lowest BCUT2D eigenvalue weighted by Gasteiger charge is -2.15. The number of nitrogens with zero attached hydrogens (tertiary/aromatic N) is 1. The summed E-state index contributed by atoms with van der Waals surface area (Å²) in [7, 11) is 1.62. The Kier molecular flexibility index (Phi) is 4.90. The number of amides is 1. The highest BCUT2D eigenvalue weighted by Gasteiger charge is 2.12. The molecule has 2 aromatic rings. The average Bonchev–Trinajstić information content (AvgIpc) is 2.54. The van der Waals surface area contributed by atoms with Crippen LogP contribution in [-0.4, -0.2) is 18.0 Å². The van der Waals surface area contributed by atoms with Crippen molar-refractivity contribution in [2.24, 2.45) is 5.73 Å². The Balaban J connectivity index is 2.10. The standard InChI is InChI=1S/C16H19N3O2/c1-11(12-4-3-5-15(9-12)21-2)19-16(20)13-6-7-18-14(8-13)10-17/h3-9,11H,10,17H2,1-2H3,(H,19,20)/t11-/m1/s1. The number of carbonyl (C=O) groups excluding carboxylic acids is 1. The lowest BCUT2D eigenvalue weighted by molar-refractivity contribution is 0.0939. The van der Waals surface area contributed by atoms with Gasteiger partial charge in [-0.05, 0) is 36.8 Å². The van der Waals surface area contributed by atoms with Crippen molar-refractivity contribution in [3.8, 4) is 5.75 Å². The van der Waals surface area contributed by atoms with Crippen LogP contribution in [0.1, 0.15) is 34.6 Å². The maximum Gasteiger partial charge on any atom is 0.251 e. The van der Waals surface area contributed by atoms with Crippen molar-refractivity contribution in [3.63, 3.8) is 0 Å². The van der Waals surface area contributed by atoms with E-state index in [1.54, 1.807) is 25.4 Å². The first-order valence-electron chi connectivity index (χ1n) is 6.74. The zero-order valence-corrected chi connectivity index (χ0v) is 12.2. The van der Waals surface area contributed by atoms with Gasteiger partial charge in [0.25, 0.3) is 5.91 Å². The Hall–Kier alpha value is -2.40. The maximum absolute atomic E-state index is 12.2. The van der Waals surface area contributed by atoms with Gasteiger partial charge in [-0.15, -0.1) is 0 Å². The van der Waals surface area contributed by atoms with Gasteiger partial charge in [0, 0.05) is 18.3 Å². The number of hydrogen-bond donors (Lipinski definition) is 2. The summed E-state index contributed by atoms with van der Waals surface area (Å²) < 4.78 is 5.19. The van der Waals surface area contributed by atoms with Crippen molar-refractivity contribution >= 4 is 5.91 Å². The molecule has 5 heteroatoms. The molecule has 0 saturated heterocycles. The second-order valence-corrected chi connectivity index (χ2v) is 4.71. The van der Waals surface area contributed by atoms with Crippen LogP contribution in [0.3, 0.4) is 0 Å². The quantitative estimate of drug-likeness (QED) is 0.881. The molecule has 0 bridgehead atoms. The minimum atomic E-state index is -0.151. The molecule has 1 amide bonds. The van der Waals surface area contributed by atoms with E-state index in [1.807, 2.05) is 31.2 Å². The van der Waals surface area contributed by atoms with Gasteiger partial charge >= 0.3 is 0 Å². The fourth-order valence-corrected chi connectivity index (χ4v) is 2.01. The van der Waals surface area contributed by atoms with Gasteiger partial charge in [-0.1, -0.05) is 12.1 Å². The third-order valence-electron chi connectivity index (χ3n) is 3.23.